The highest BCUT2D eigenvalue weighted by Crippen LogP contribution is 2.46. The van der Waals surface area contributed by atoms with Gasteiger partial charge in [-0.1, -0.05) is 57.4 Å². The first kappa shape index (κ1) is 92.8. The fourth-order valence-electron chi connectivity index (χ4n) is 11.2. The molecule has 33 nitrogen and oxygen atoms in total. The predicted molar refractivity (Wildman–Crippen MR) is 406 cm³/mol. The standard InChI is InChI=1S/C42H61N8O10P.C33H44N6O9.CH4/c1-31(2)50(32(3)4)61(60-23-15-21-43)59-22-12-10-9-11-16-33-24-49(37-20-14-18-35(45-37)26-48(29-40(53)57-7)30-41(54)58-8)46-42(33)36-19-13-17-34(44-36)25-47(27-38(51)55-5)28-39(52)56-6;1-45-29(41)20-37(21-30(42)46-2)18-25-12-9-14-27(34-25)33-24(11-7-5-6-8-16-40)17-39(36-33)28-15-10-13-26(35-28)19-38(22-31(43)47-3)23-32(44)48-4;/h13-14,17-20,24,31-32H,9-12,15-16,22-23,25-30H2,1-8H3;9-10,12-15,17,40H,5-8,11,16,18-23H2,1-4H3;1H4. The number of hydrogen-bond donors (Lipinski definition) is 1. The van der Waals surface area contributed by atoms with Crippen LogP contribution in [-0.4, -0.2) is 258 Å². The minimum atomic E-state index is -1.30. The zero-order valence-corrected chi connectivity index (χ0v) is 65.5. The zero-order valence-electron chi connectivity index (χ0n) is 64.6. The maximum absolute atomic E-state index is 12.2. The van der Waals surface area contributed by atoms with E-state index in [-0.39, 0.29) is 105 Å². The second kappa shape index (κ2) is 51.0. The van der Waals surface area contributed by atoms with E-state index in [1.165, 1.54) is 56.9 Å². The molecule has 0 spiro atoms. The lowest BCUT2D eigenvalue weighted by Crippen LogP contribution is -2.35. The van der Waals surface area contributed by atoms with E-state index in [4.69, 9.17) is 82.3 Å². The second-order valence-electron chi connectivity index (χ2n) is 25.5. The minimum Gasteiger partial charge on any atom is -0.468 e. The molecular weight excluding hydrogens is 1440 g/mol. The van der Waals surface area contributed by atoms with Crippen LogP contribution in [0.5, 0.6) is 0 Å². The number of aliphatic hydroxyl groups excluding tert-OH is 1. The molecule has 6 aromatic rings. The van der Waals surface area contributed by atoms with Gasteiger partial charge in [-0.2, -0.15) is 15.5 Å². The number of pyridine rings is 4. The molecule has 1 atom stereocenters. The molecule has 6 rings (SSSR count). The van der Waals surface area contributed by atoms with Crippen LogP contribution in [0.3, 0.4) is 0 Å². The van der Waals surface area contributed by atoms with E-state index in [1.54, 1.807) is 53.2 Å². The van der Waals surface area contributed by atoms with Crippen LogP contribution in [0.4, 0.5) is 0 Å². The van der Waals surface area contributed by atoms with Gasteiger partial charge in [0.1, 0.15) is 11.4 Å². The van der Waals surface area contributed by atoms with Crippen LogP contribution in [0, 0.1) is 11.3 Å². The number of aromatic nitrogens is 8. The van der Waals surface area contributed by atoms with Crippen molar-refractivity contribution in [2.45, 2.75) is 144 Å². The van der Waals surface area contributed by atoms with Gasteiger partial charge < -0.3 is 52.0 Å². The third-order valence-electron chi connectivity index (χ3n) is 16.5. The van der Waals surface area contributed by atoms with E-state index in [0.29, 0.717) is 89.7 Å². The average Bonchev–Trinajstić information content (AvgIpc) is 1.66. The van der Waals surface area contributed by atoms with Gasteiger partial charge in [-0.05, 0) is 115 Å². The molecule has 0 bridgehead atoms. The summed E-state index contributed by atoms with van der Waals surface area (Å²) in [5.41, 5.74) is 6.77. The van der Waals surface area contributed by atoms with E-state index in [0.717, 1.165) is 62.5 Å². The normalized spacial score (nSPS) is 11.4. The first-order valence-corrected chi connectivity index (χ1v) is 36.9. The summed E-state index contributed by atoms with van der Waals surface area (Å²) in [6.07, 6.45) is 12.5. The van der Waals surface area contributed by atoms with Crippen LogP contribution in [0.25, 0.3) is 34.4 Å². The van der Waals surface area contributed by atoms with Crippen molar-refractivity contribution in [1.82, 2.24) is 63.8 Å². The molecule has 0 aliphatic heterocycles. The number of hydrogen-bond acceptors (Lipinski definition) is 31. The van der Waals surface area contributed by atoms with E-state index >= 15 is 0 Å². The lowest BCUT2D eigenvalue weighted by molar-refractivity contribution is -0.147. The van der Waals surface area contributed by atoms with Crippen molar-refractivity contribution in [2.75, 3.05) is 129 Å². The largest absolute Gasteiger partial charge is 0.468 e. The molecule has 110 heavy (non-hydrogen) atoms. The summed E-state index contributed by atoms with van der Waals surface area (Å²) in [5, 5.41) is 28.0. The minimum absolute atomic E-state index is 0. The Morgan fingerprint density at radius 3 is 1.04 bits per heavy atom. The number of aliphatic hydroxyl groups is 1. The Bertz CT molecular complexity index is 3810. The molecule has 0 amide bonds. The predicted octanol–water partition coefficient (Wildman–Crippen LogP) is 7.38. The number of methoxy groups -OCH3 is 8. The fourth-order valence-corrected chi connectivity index (χ4v) is 12.8. The van der Waals surface area contributed by atoms with E-state index < -0.39 is 56.3 Å². The van der Waals surface area contributed by atoms with E-state index in [1.807, 2.05) is 60.9 Å². The van der Waals surface area contributed by atoms with Crippen LogP contribution in [0.1, 0.15) is 127 Å². The number of unbranched alkanes of at least 4 members (excludes halogenated alkanes) is 6. The van der Waals surface area contributed by atoms with Gasteiger partial charge in [-0.15, -0.1) is 0 Å². The number of carbonyl (C=O) groups is 8. The maximum Gasteiger partial charge on any atom is 0.319 e. The molecule has 0 radical (unpaired) electrons. The SMILES string of the molecule is C.COC(=O)CN(CC(=O)OC)Cc1cccc(-c2nn(-c3cccc(CN(CC(=O)OC)CC(=O)OC)n3)cc2CCCCCCO)n1.COC(=O)CN(CC(=O)OC)Cc1cccc(-c2nn(-c3cccc(CN(CC(=O)OC)CC(=O)OC)n3)cc2CCCCCCOP(OCCC#N)N(C(C)C)C(C)C)n1. The highest BCUT2D eigenvalue weighted by Gasteiger charge is 2.28. The highest BCUT2D eigenvalue weighted by molar-refractivity contribution is 7.44. The number of carbonyl (C=O) groups excluding carboxylic acids is 8. The first-order chi connectivity index (χ1) is 52.5. The van der Waals surface area contributed by atoms with Gasteiger partial charge in [0.25, 0.3) is 8.53 Å². The fraction of sp³-hybridized carbons (Fsp3) is 0.539. The van der Waals surface area contributed by atoms with Crippen molar-refractivity contribution in [2.24, 2.45) is 0 Å². The Kier molecular flexibility index (Phi) is 43.0. The smallest absolute Gasteiger partial charge is 0.319 e. The van der Waals surface area contributed by atoms with Gasteiger partial charge in [0, 0.05) is 68.4 Å². The van der Waals surface area contributed by atoms with E-state index in [9.17, 15) is 43.5 Å². The number of esters is 8. The summed E-state index contributed by atoms with van der Waals surface area (Å²) in [6.45, 7) is 9.15. The molecule has 0 aliphatic rings. The number of nitrogens with zero attached hydrogens (tertiary/aromatic N) is 14. The van der Waals surface area contributed by atoms with Crippen LogP contribution in [0.15, 0.2) is 85.2 Å². The second-order valence-corrected chi connectivity index (χ2v) is 27.0. The zero-order chi connectivity index (χ0) is 79.6. The van der Waals surface area contributed by atoms with Gasteiger partial charge >= 0.3 is 47.8 Å². The number of ether oxygens (including phenoxy) is 8. The maximum atomic E-state index is 12.2. The van der Waals surface area contributed by atoms with Gasteiger partial charge in [-0.25, -0.2) is 34.0 Å². The molecule has 6 aromatic heterocycles. The monoisotopic (exact) mass is 1550 g/mol. The summed E-state index contributed by atoms with van der Waals surface area (Å²) in [4.78, 5) is 122. The van der Waals surface area contributed by atoms with Crippen molar-refractivity contribution in [3.8, 4) is 40.5 Å². The van der Waals surface area contributed by atoms with Crippen LogP contribution in [0.2, 0.25) is 0 Å². The Hall–Kier alpha value is -9.62. The van der Waals surface area contributed by atoms with Gasteiger partial charge in [0.05, 0.1) is 169 Å². The van der Waals surface area contributed by atoms with Crippen LogP contribution in [-0.2, 0) is 124 Å². The summed E-state index contributed by atoms with van der Waals surface area (Å²) in [5.74, 6) is -2.95. The topological polar surface area (TPSA) is 376 Å². The molecule has 1 unspecified atom stereocenters. The lowest BCUT2D eigenvalue weighted by atomic mass is 10.0. The molecule has 0 aromatic carbocycles. The van der Waals surface area contributed by atoms with Crippen molar-refractivity contribution >= 4 is 56.3 Å². The first-order valence-electron chi connectivity index (χ1n) is 35.8. The number of rotatable bonds is 48. The molecule has 0 saturated heterocycles. The molecular formula is C76H109N14O19P. The van der Waals surface area contributed by atoms with Crippen molar-refractivity contribution < 1.29 is 90.4 Å². The average molecular weight is 1550 g/mol. The number of nitriles is 1. The third kappa shape index (κ3) is 32.9. The van der Waals surface area contributed by atoms with Gasteiger partial charge in [-0.3, -0.25) is 58.0 Å². The summed E-state index contributed by atoms with van der Waals surface area (Å²) in [6, 6.07) is 24.4. The molecule has 602 valence electrons. The molecule has 6 heterocycles. The Labute approximate surface area is 645 Å². The Morgan fingerprint density at radius 1 is 0.427 bits per heavy atom. The van der Waals surface area contributed by atoms with Crippen molar-refractivity contribution in [1.29, 1.82) is 5.26 Å². The van der Waals surface area contributed by atoms with Crippen molar-refractivity contribution in [3.63, 3.8) is 0 Å². The summed E-state index contributed by atoms with van der Waals surface area (Å²) < 4.78 is 56.4. The van der Waals surface area contributed by atoms with Crippen molar-refractivity contribution in [3.05, 3.63) is 119 Å². The van der Waals surface area contributed by atoms with Crippen LogP contribution >= 0.6 is 8.53 Å². The van der Waals surface area contributed by atoms with Gasteiger partial charge in [0.2, 0.25) is 0 Å². The van der Waals surface area contributed by atoms with Gasteiger partial charge in [0.15, 0.2) is 11.6 Å². The third-order valence-corrected chi connectivity index (χ3v) is 18.6. The quantitative estimate of drug-likeness (QED) is 0.0168. The summed E-state index contributed by atoms with van der Waals surface area (Å²) >= 11 is 0. The molecule has 0 aliphatic carbocycles. The molecule has 0 fully saturated rings. The Balaban J connectivity index is 0.000000473. The molecule has 34 heteroatoms. The molecule has 1 N–H and O–H groups in total. The van der Waals surface area contributed by atoms with E-state index in [2.05, 4.69) is 38.4 Å². The number of aryl methyl sites for hydroxylation is 2. The summed E-state index contributed by atoms with van der Waals surface area (Å²) in [7, 11) is 8.97. The van der Waals surface area contributed by atoms with Crippen LogP contribution < -0.4 is 0 Å². The molecule has 0 saturated carbocycles. The lowest BCUT2D eigenvalue weighted by Gasteiger charge is -2.35. The highest BCUT2D eigenvalue weighted by atomic mass is 31.2. The Morgan fingerprint density at radius 2 is 0.727 bits per heavy atom.